The molecule has 30 heavy (non-hydrogen) atoms. The number of ether oxygens (including phenoxy) is 1. The molecule has 2 heterocycles. The number of sulfonamides is 1. The summed E-state index contributed by atoms with van der Waals surface area (Å²) in [6, 6.07) is 12.8. The average molecular weight is 430 g/mol. The van der Waals surface area contributed by atoms with Crippen LogP contribution in [-0.4, -0.2) is 70.5 Å². The zero-order valence-corrected chi connectivity index (χ0v) is 18.2. The van der Waals surface area contributed by atoms with E-state index in [1.807, 2.05) is 24.3 Å². The number of anilines is 1. The molecule has 1 saturated heterocycles. The highest BCUT2D eigenvalue weighted by atomic mass is 32.2. The van der Waals surface area contributed by atoms with E-state index >= 15 is 0 Å². The van der Waals surface area contributed by atoms with Crippen LogP contribution >= 0.6 is 0 Å². The molecule has 160 valence electrons. The lowest BCUT2D eigenvalue weighted by atomic mass is 10.1. The Bertz CT molecular complexity index is 1050. The highest BCUT2D eigenvalue weighted by Crippen LogP contribution is 2.32. The molecule has 0 N–H and O–H groups in total. The molecule has 0 aromatic heterocycles. The molecule has 0 bridgehead atoms. The maximum atomic E-state index is 13.2. The predicted molar refractivity (Wildman–Crippen MR) is 115 cm³/mol. The second-order valence-electron chi connectivity index (χ2n) is 7.87. The largest absolute Gasteiger partial charge is 0.379 e. The molecule has 1 amide bonds. The van der Waals surface area contributed by atoms with E-state index in [1.54, 1.807) is 23.1 Å². The van der Waals surface area contributed by atoms with Gasteiger partial charge in [0.1, 0.15) is 0 Å². The third-order valence-electron chi connectivity index (χ3n) is 5.65. The second-order valence-corrected chi connectivity index (χ2v) is 10.0. The highest BCUT2D eigenvalue weighted by molar-refractivity contribution is 7.89. The highest BCUT2D eigenvalue weighted by Gasteiger charge is 2.28. The molecule has 0 saturated carbocycles. The first-order valence-electron chi connectivity index (χ1n) is 10.1. The van der Waals surface area contributed by atoms with Crippen LogP contribution in [-0.2, 0) is 27.7 Å². The molecule has 2 aromatic carbocycles. The summed E-state index contributed by atoms with van der Waals surface area (Å²) in [6.07, 6.45) is 0.644. The van der Waals surface area contributed by atoms with E-state index in [1.165, 1.54) is 18.4 Å². The molecule has 0 aliphatic carbocycles. The number of carbonyl (C=O) groups is 1. The fourth-order valence-electron chi connectivity index (χ4n) is 3.94. The van der Waals surface area contributed by atoms with E-state index in [0.717, 1.165) is 49.7 Å². The molecule has 8 heteroatoms. The van der Waals surface area contributed by atoms with Crippen LogP contribution in [0.15, 0.2) is 47.4 Å². The summed E-state index contributed by atoms with van der Waals surface area (Å²) in [7, 11) is -0.459. The summed E-state index contributed by atoms with van der Waals surface area (Å²) in [6.45, 7) is 4.63. The lowest BCUT2D eigenvalue weighted by molar-refractivity contribution is 0.0342. The van der Waals surface area contributed by atoms with Gasteiger partial charge in [-0.15, -0.1) is 0 Å². The van der Waals surface area contributed by atoms with Gasteiger partial charge in [0.15, 0.2) is 0 Å². The molecule has 0 unspecified atom stereocenters. The number of nitrogens with zero attached hydrogens (tertiary/aromatic N) is 3. The van der Waals surface area contributed by atoms with Crippen molar-refractivity contribution in [2.75, 3.05) is 51.8 Å². The first-order valence-corrected chi connectivity index (χ1v) is 11.6. The Kier molecular flexibility index (Phi) is 5.92. The van der Waals surface area contributed by atoms with Crippen LogP contribution in [0.25, 0.3) is 0 Å². The van der Waals surface area contributed by atoms with Crippen molar-refractivity contribution in [3.8, 4) is 0 Å². The van der Waals surface area contributed by atoms with Crippen molar-refractivity contribution in [1.29, 1.82) is 0 Å². The zero-order valence-electron chi connectivity index (χ0n) is 17.4. The smallest absolute Gasteiger partial charge is 0.258 e. The van der Waals surface area contributed by atoms with Gasteiger partial charge in [0.05, 0.1) is 18.1 Å². The maximum absolute atomic E-state index is 13.2. The number of morpholine rings is 1. The summed E-state index contributed by atoms with van der Waals surface area (Å²) < 4.78 is 31.4. The quantitative estimate of drug-likeness (QED) is 0.727. The minimum atomic E-state index is -3.49. The minimum absolute atomic E-state index is 0.0548. The van der Waals surface area contributed by atoms with Gasteiger partial charge in [-0.2, -0.15) is 0 Å². The van der Waals surface area contributed by atoms with Crippen molar-refractivity contribution < 1.29 is 17.9 Å². The molecule has 4 rings (SSSR count). The van der Waals surface area contributed by atoms with E-state index in [2.05, 4.69) is 4.90 Å². The molecule has 0 radical (unpaired) electrons. The van der Waals surface area contributed by atoms with Crippen LogP contribution in [0.4, 0.5) is 5.69 Å². The van der Waals surface area contributed by atoms with Crippen LogP contribution in [0.2, 0.25) is 0 Å². The Morgan fingerprint density at radius 2 is 1.83 bits per heavy atom. The van der Waals surface area contributed by atoms with Crippen LogP contribution < -0.4 is 4.90 Å². The maximum Gasteiger partial charge on any atom is 0.258 e. The summed E-state index contributed by atoms with van der Waals surface area (Å²) in [5.41, 5.74) is 3.43. The van der Waals surface area contributed by atoms with Crippen molar-refractivity contribution in [3.05, 3.63) is 59.2 Å². The number of hydrogen-bond acceptors (Lipinski definition) is 5. The Morgan fingerprint density at radius 1 is 1.07 bits per heavy atom. The number of hydrogen-bond donors (Lipinski definition) is 0. The standard InChI is InChI=1S/C22H27N3O4S/c1-23(2)30(27,28)20-6-7-21-18(15-20)8-9-25(21)22(26)19-5-3-4-17(14-19)16-24-10-12-29-13-11-24/h3-7,14-15H,8-13,16H2,1-2H3. The molecule has 2 aliphatic rings. The summed E-state index contributed by atoms with van der Waals surface area (Å²) in [5, 5.41) is 0. The lowest BCUT2D eigenvalue weighted by Gasteiger charge is -2.26. The van der Waals surface area contributed by atoms with E-state index < -0.39 is 10.0 Å². The fraction of sp³-hybridized carbons (Fsp3) is 0.409. The molecule has 2 aliphatic heterocycles. The molecular weight excluding hydrogens is 402 g/mol. The van der Waals surface area contributed by atoms with E-state index in [0.29, 0.717) is 18.5 Å². The minimum Gasteiger partial charge on any atom is -0.379 e. The third-order valence-corrected chi connectivity index (χ3v) is 7.47. The summed E-state index contributed by atoms with van der Waals surface area (Å²) in [4.78, 5) is 17.5. The van der Waals surface area contributed by atoms with Gasteiger partial charge in [0.2, 0.25) is 10.0 Å². The molecule has 2 aromatic rings. The summed E-state index contributed by atoms with van der Waals surface area (Å²) in [5.74, 6) is -0.0548. The average Bonchev–Trinajstić information content (AvgIpc) is 3.17. The van der Waals surface area contributed by atoms with Crippen molar-refractivity contribution in [2.45, 2.75) is 17.9 Å². The molecular formula is C22H27N3O4S. The molecule has 0 spiro atoms. The van der Waals surface area contributed by atoms with E-state index in [-0.39, 0.29) is 10.8 Å². The van der Waals surface area contributed by atoms with Crippen molar-refractivity contribution in [1.82, 2.24) is 9.21 Å². The number of benzene rings is 2. The Morgan fingerprint density at radius 3 is 2.57 bits per heavy atom. The Balaban J connectivity index is 1.54. The number of amides is 1. The van der Waals surface area contributed by atoms with Crippen molar-refractivity contribution in [2.24, 2.45) is 0 Å². The Hall–Kier alpha value is -2.26. The first-order chi connectivity index (χ1) is 14.4. The fourth-order valence-corrected chi connectivity index (χ4v) is 4.89. The Labute approximate surface area is 177 Å². The van der Waals surface area contributed by atoms with Gasteiger partial charge < -0.3 is 9.64 Å². The van der Waals surface area contributed by atoms with Crippen LogP contribution in [0, 0.1) is 0 Å². The van der Waals surface area contributed by atoms with Crippen molar-refractivity contribution in [3.63, 3.8) is 0 Å². The van der Waals surface area contributed by atoms with Gasteiger partial charge in [-0.3, -0.25) is 9.69 Å². The zero-order chi connectivity index (χ0) is 21.3. The van der Waals surface area contributed by atoms with Gasteiger partial charge in [0, 0.05) is 51.5 Å². The van der Waals surface area contributed by atoms with Gasteiger partial charge in [-0.05, 0) is 47.9 Å². The molecule has 1 fully saturated rings. The topological polar surface area (TPSA) is 70.2 Å². The monoisotopic (exact) mass is 429 g/mol. The van der Waals surface area contributed by atoms with Crippen molar-refractivity contribution >= 4 is 21.6 Å². The van der Waals surface area contributed by atoms with Crippen LogP contribution in [0.1, 0.15) is 21.5 Å². The van der Waals surface area contributed by atoms with Gasteiger partial charge in [-0.25, -0.2) is 12.7 Å². The van der Waals surface area contributed by atoms with Gasteiger partial charge in [0.25, 0.3) is 5.91 Å². The van der Waals surface area contributed by atoms with Gasteiger partial charge >= 0.3 is 0 Å². The van der Waals surface area contributed by atoms with Crippen LogP contribution in [0.5, 0.6) is 0 Å². The molecule has 0 atom stereocenters. The number of rotatable bonds is 5. The first kappa shape index (κ1) is 21.0. The third kappa shape index (κ3) is 4.13. The normalized spacial score (nSPS) is 17.4. The van der Waals surface area contributed by atoms with E-state index in [9.17, 15) is 13.2 Å². The van der Waals surface area contributed by atoms with Crippen LogP contribution in [0.3, 0.4) is 0 Å². The number of carbonyl (C=O) groups excluding carboxylic acids is 1. The number of fused-ring (bicyclic) bond motifs is 1. The van der Waals surface area contributed by atoms with Gasteiger partial charge in [-0.1, -0.05) is 12.1 Å². The summed E-state index contributed by atoms with van der Waals surface area (Å²) >= 11 is 0. The second kappa shape index (κ2) is 8.47. The van der Waals surface area contributed by atoms with E-state index in [4.69, 9.17) is 4.74 Å². The lowest BCUT2D eigenvalue weighted by Crippen LogP contribution is -2.35. The predicted octanol–water partition coefficient (Wildman–Crippen LogP) is 1.97. The molecule has 7 nitrogen and oxygen atoms in total. The SMILES string of the molecule is CN(C)S(=O)(=O)c1ccc2c(c1)CCN2C(=O)c1cccc(CN2CCOCC2)c1.